The molecule has 1 saturated heterocycles. The Morgan fingerprint density at radius 3 is 2.70 bits per heavy atom. The second-order valence-electron chi connectivity index (χ2n) is 9.39. The lowest BCUT2D eigenvalue weighted by atomic mass is 9.97. The van der Waals surface area contributed by atoms with Crippen molar-refractivity contribution < 1.29 is 23.0 Å². The van der Waals surface area contributed by atoms with Crippen molar-refractivity contribution in [2.75, 3.05) is 18.5 Å². The van der Waals surface area contributed by atoms with Crippen LogP contribution in [0.2, 0.25) is 0 Å². The topological polar surface area (TPSA) is 85.4 Å². The third-order valence-corrected chi connectivity index (χ3v) is 6.71. The summed E-state index contributed by atoms with van der Waals surface area (Å²) in [5.41, 5.74) is 2.57. The molecule has 33 heavy (non-hydrogen) atoms. The first-order chi connectivity index (χ1) is 15.8. The van der Waals surface area contributed by atoms with Crippen molar-refractivity contribution in [1.82, 2.24) is 15.3 Å². The molecule has 5 rings (SSSR count). The molecule has 1 aromatic heterocycles. The summed E-state index contributed by atoms with van der Waals surface area (Å²) in [5, 5.41) is 6.39. The van der Waals surface area contributed by atoms with Crippen LogP contribution >= 0.6 is 0 Å². The summed E-state index contributed by atoms with van der Waals surface area (Å²) in [6.07, 6.45) is 2.88. The first-order valence-corrected chi connectivity index (χ1v) is 11.4. The van der Waals surface area contributed by atoms with Crippen LogP contribution in [0.3, 0.4) is 0 Å². The normalized spacial score (nSPS) is 21.5. The van der Waals surface area contributed by atoms with E-state index in [0.29, 0.717) is 42.3 Å². The molecular formula is C24H28F2N4O3. The zero-order valence-corrected chi connectivity index (χ0v) is 18.8. The Morgan fingerprint density at radius 1 is 1.21 bits per heavy atom. The molecule has 0 bridgehead atoms. The van der Waals surface area contributed by atoms with Crippen LogP contribution < -0.4 is 10.6 Å². The number of nitrogens with one attached hydrogen (secondary N) is 2. The van der Waals surface area contributed by atoms with Gasteiger partial charge in [-0.05, 0) is 44.2 Å². The molecule has 2 heterocycles. The minimum absolute atomic E-state index is 0.0761. The van der Waals surface area contributed by atoms with Crippen LogP contribution in [0.15, 0.2) is 24.5 Å². The average molecular weight is 459 g/mol. The number of hydrogen-bond donors (Lipinski definition) is 2. The number of hydrogen-bond acceptors (Lipinski definition) is 6. The Bertz CT molecular complexity index is 1070. The lowest BCUT2D eigenvalue weighted by molar-refractivity contribution is -0.121. The predicted molar refractivity (Wildman–Crippen MR) is 117 cm³/mol. The minimum atomic E-state index is -2.80. The quantitative estimate of drug-likeness (QED) is 0.654. The first-order valence-electron chi connectivity index (χ1n) is 11.4. The van der Waals surface area contributed by atoms with Crippen LogP contribution in [0.5, 0.6) is 0 Å². The van der Waals surface area contributed by atoms with Crippen LogP contribution in [0.25, 0.3) is 0 Å². The van der Waals surface area contributed by atoms with Gasteiger partial charge < -0.3 is 20.1 Å². The van der Waals surface area contributed by atoms with Crippen LogP contribution in [0.4, 0.5) is 14.6 Å². The van der Waals surface area contributed by atoms with Crippen LogP contribution in [-0.4, -0.2) is 34.6 Å². The van der Waals surface area contributed by atoms with E-state index in [2.05, 4.69) is 20.6 Å². The van der Waals surface area contributed by atoms with E-state index in [4.69, 9.17) is 9.47 Å². The monoisotopic (exact) mass is 458 g/mol. The van der Waals surface area contributed by atoms with E-state index in [0.717, 1.165) is 18.4 Å². The van der Waals surface area contributed by atoms with E-state index in [1.165, 1.54) is 12.4 Å². The third kappa shape index (κ3) is 4.44. The van der Waals surface area contributed by atoms with Gasteiger partial charge in [0.2, 0.25) is 5.91 Å². The van der Waals surface area contributed by atoms with E-state index in [1.54, 1.807) is 6.07 Å². The van der Waals surface area contributed by atoms with Gasteiger partial charge in [-0.1, -0.05) is 18.2 Å². The second-order valence-corrected chi connectivity index (χ2v) is 9.39. The number of nitrogens with zero attached hydrogens (tertiary/aromatic N) is 2. The lowest BCUT2D eigenvalue weighted by Gasteiger charge is -2.23. The predicted octanol–water partition coefficient (Wildman–Crippen LogP) is 3.94. The molecule has 1 amide bonds. The maximum absolute atomic E-state index is 14.3. The third-order valence-electron chi connectivity index (χ3n) is 6.71. The van der Waals surface area contributed by atoms with Crippen molar-refractivity contribution in [3.8, 4) is 0 Å². The fraction of sp³-hybridized carbons (Fsp3) is 0.542. The minimum Gasteiger partial charge on any atom is -0.363 e. The van der Waals surface area contributed by atoms with Gasteiger partial charge in [-0.2, -0.15) is 0 Å². The lowest BCUT2D eigenvalue weighted by Crippen LogP contribution is -2.35. The van der Waals surface area contributed by atoms with Crippen LogP contribution in [-0.2, 0) is 33.0 Å². The molecule has 1 saturated carbocycles. The van der Waals surface area contributed by atoms with Crippen LogP contribution in [0, 0.1) is 0 Å². The van der Waals surface area contributed by atoms with Gasteiger partial charge in [0.15, 0.2) is 6.29 Å². The number of amides is 1. The van der Waals surface area contributed by atoms with E-state index in [9.17, 15) is 13.6 Å². The van der Waals surface area contributed by atoms with E-state index < -0.39 is 12.2 Å². The molecule has 1 aliphatic heterocycles. The van der Waals surface area contributed by atoms with Gasteiger partial charge in [0, 0.05) is 17.5 Å². The molecule has 2 fully saturated rings. The number of fused-ring (bicyclic) bond motifs is 1. The number of halogens is 2. The Morgan fingerprint density at radius 2 is 1.97 bits per heavy atom. The highest BCUT2D eigenvalue weighted by atomic mass is 19.3. The Balaban J connectivity index is 1.43. The zero-order valence-electron chi connectivity index (χ0n) is 18.8. The van der Waals surface area contributed by atoms with Crippen molar-refractivity contribution in [2.24, 2.45) is 0 Å². The highest BCUT2D eigenvalue weighted by Gasteiger charge is 2.41. The molecule has 9 heteroatoms. The summed E-state index contributed by atoms with van der Waals surface area (Å²) in [6, 6.07) is 4.75. The second kappa shape index (κ2) is 8.29. The summed E-state index contributed by atoms with van der Waals surface area (Å²) in [5.74, 6) is -2.43. The maximum Gasteiger partial charge on any atom is 0.273 e. The molecule has 2 aliphatic carbocycles. The smallest absolute Gasteiger partial charge is 0.273 e. The highest BCUT2D eigenvalue weighted by molar-refractivity contribution is 5.80. The molecule has 1 atom stereocenters. The van der Waals surface area contributed by atoms with Crippen LogP contribution in [0.1, 0.15) is 73.4 Å². The van der Waals surface area contributed by atoms with Crippen molar-refractivity contribution in [3.63, 3.8) is 0 Å². The van der Waals surface area contributed by atoms with Crippen molar-refractivity contribution in [2.45, 2.75) is 69.7 Å². The number of benzene rings is 1. The summed E-state index contributed by atoms with van der Waals surface area (Å²) in [7, 11) is 0. The number of carbonyl (C=O) groups is 1. The summed E-state index contributed by atoms with van der Waals surface area (Å²) in [6.45, 7) is 4.79. The molecule has 176 valence electrons. The summed E-state index contributed by atoms with van der Waals surface area (Å²) in [4.78, 5) is 21.4. The van der Waals surface area contributed by atoms with Crippen molar-refractivity contribution >= 4 is 11.7 Å². The summed E-state index contributed by atoms with van der Waals surface area (Å²) < 4.78 is 40.0. The average Bonchev–Trinajstić information content (AvgIpc) is 3.14. The molecule has 0 spiro atoms. The van der Waals surface area contributed by atoms with Gasteiger partial charge in [0.1, 0.15) is 12.1 Å². The van der Waals surface area contributed by atoms with Gasteiger partial charge in [-0.15, -0.1) is 0 Å². The van der Waals surface area contributed by atoms with E-state index in [1.807, 2.05) is 19.9 Å². The molecule has 7 nitrogen and oxygen atoms in total. The van der Waals surface area contributed by atoms with E-state index in [-0.39, 0.29) is 35.9 Å². The molecule has 2 aromatic rings. The maximum atomic E-state index is 14.3. The van der Waals surface area contributed by atoms with Gasteiger partial charge in [0.05, 0.1) is 36.9 Å². The number of alkyl halides is 2. The molecule has 2 N–H and O–H groups in total. The highest BCUT2D eigenvalue weighted by Crippen LogP contribution is 2.44. The zero-order chi connectivity index (χ0) is 23.2. The molecular weight excluding hydrogens is 430 g/mol. The SMILES string of the molecule is CC(Nc1ncnc(CC(=O)NC2(C)CC2)c1C1OCCO1)c1cccc2c1CCC2(F)F. The van der Waals surface area contributed by atoms with Gasteiger partial charge >= 0.3 is 0 Å². The summed E-state index contributed by atoms with van der Waals surface area (Å²) >= 11 is 0. The molecule has 3 aliphatic rings. The van der Waals surface area contributed by atoms with Crippen molar-refractivity contribution in [3.05, 3.63) is 52.5 Å². The standard InChI is InChI=1S/C24H28F2N4O3/c1-14(15-4-3-5-17-16(15)6-7-24(17,25)26)29-21-20(22-32-10-11-33-22)18(27-13-28-21)12-19(31)30-23(2)8-9-23/h3-5,13-14,22H,6-12H2,1-2H3,(H,30,31)(H,27,28,29). The Kier molecular flexibility index (Phi) is 5.56. The Hall–Kier alpha value is -2.65. The van der Waals surface area contributed by atoms with Gasteiger partial charge in [-0.3, -0.25) is 4.79 Å². The molecule has 1 aromatic carbocycles. The fourth-order valence-corrected chi connectivity index (χ4v) is 4.64. The number of ether oxygens (including phenoxy) is 2. The largest absolute Gasteiger partial charge is 0.363 e. The van der Waals surface area contributed by atoms with Gasteiger partial charge in [0.25, 0.3) is 5.92 Å². The molecule has 0 radical (unpaired) electrons. The van der Waals surface area contributed by atoms with Crippen molar-refractivity contribution in [1.29, 1.82) is 0 Å². The number of carbonyl (C=O) groups excluding carboxylic acids is 1. The first kappa shape index (κ1) is 22.2. The van der Waals surface area contributed by atoms with Gasteiger partial charge in [-0.25, -0.2) is 18.7 Å². The number of anilines is 1. The van der Waals surface area contributed by atoms with E-state index >= 15 is 0 Å². The Labute approximate surface area is 191 Å². The molecule has 1 unspecified atom stereocenters. The number of rotatable bonds is 7. The number of aromatic nitrogens is 2. The fourth-order valence-electron chi connectivity index (χ4n) is 4.64.